The van der Waals surface area contributed by atoms with Gasteiger partial charge in [-0.2, -0.15) is 0 Å². The van der Waals surface area contributed by atoms with Gasteiger partial charge in [-0.05, 0) is 74.3 Å². The molecular weight excluding hydrogens is 567 g/mol. The summed E-state index contributed by atoms with van der Waals surface area (Å²) in [6.45, 7) is 1.50. The van der Waals surface area contributed by atoms with Crippen LogP contribution in [0.5, 0.6) is 0 Å². The third kappa shape index (κ3) is 8.74. The first-order valence-electron chi connectivity index (χ1n) is 14.0. The van der Waals surface area contributed by atoms with Crippen molar-refractivity contribution in [2.75, 3.05) is 30.8 Å². The topological polar surface area (TPSA) is 123 Å². The van der Waals surface area contributed by atoms with E-state index in [2.05, 4.69) is 21.3 Å². The van der Waals surface area contributed by atoms with E-state index < -0.39 is 33.8 Å². The Labute approximate surface area is 247 Å². The molecule has 1 amide bonds. The smallest absolute Gasteiger partial charge is 0.241 e. The minimum Gasteiger partial charge on any atom is -0.381 e. The van der Waals surface area contributed by atoms with E-state index in [4.69, 9.17) is 28.5 Å². The van der Waals surface area contributed by atoms with Crippen LogP contribution in [0.1, 0.15) is 49.1 Å². The van der Waals surface area contributed by atoms with Gasteiger partial charge in [0, 0.05) is 48.0 Å². The number of amides is 1. The lowest BCUT2D eigenvalue weighted by Gasteiger charge is -2.34. The first-order chi connectivity index (χ1) is 19.7. The zero-order chi connectivity index (χ0) is 29.4. The fourth-order valence-electron chi connectivity index (χ4n) is 5.68. The molecule has 0 spiro atoms. The summed E-state index contributed by atoms with van der Waals surface area (Å²) in [6.07, 6.45) is 8.61. The van der Waals surface area contributed by atoms with Crippen LogP contribution in [0.2, 0.25) is 5.02 Å². The Kier molecular flexibility index (Phi) is 11.2. The maximum atomic E-state index is 15.1. The van der Waals surface area contributed by atoms with Gasteiger partial charge in [-0.1, -0.05) is 35.7 Å². The van der Waals surface area contributed by atoms with Gasteiger partial charge in [0.25, 0.3) is 0 Å². The molecule has 41 heavy (non-hydrogen) atoms. The average molecular weight is 605 g/mol. The molecule has 5 N–H and O–H groups in total. The van der Waals surface area contributed by atoms with Gasteiger partial charge in [0.15, 0.2) is 0 Å². The fourth-order valence-corrected chi connectivity index (χ4v) is 7.18. The minimum absolute atomic E-state index is 0.0237. The minimum atomic E-state index is -3.51. The Bertz CT molecular complexity index is 1330. The molecule has 2 saturated heterocycles. The highest BCUT2D eigenvalue weighted by Gasteiger charge is 2.34. The molecule has 11 heteroatoms. The molecule has 8 nitrogen and oxygen atoms in total. The molecule has 0 aromatic heterocycles. The second-order valence-corrected chi connectivity index (χ2v) is 13.1. The monoisotopic (exact) mass is 604 g/mol. The zero-order valence-electron chi connectivity index (χ0n) is 23.0. The second-order valence-electron chi connectivity index (χ2n) is 10.8. The number of anilines is 1. The number of sulfonamides is 1. The van der Waals surface area contributed by atoms with Crippen molar-refractivity contribution in [2.45, 2.75) is 62.6 Å². The van der Waals surface area contributed by atoms with Crippen LogP contribution in [0.4, 0.5) is 10.1 Å². The van der Waals surface area contributed by atoms with E-state index in [-0.39, 0.29) is 35.6 Å². The van der Waals surface area contributed by atoms with Crippen LogP contribution in [0.15, 0.2) is 42.5 Å². The number of nitrogens with two attached hydrogens (primary N) is 1. The summed E-state index contributed by atoms with van der Waals surface area (Å²) in [4.78, 5) is 13.5. The molecule has 2 aliphatic heterocycles. The Morgan fingerprint density at radius 1 is 1.20 bits per heavy atom. The molecular formula is C30H38ClFN4O4S. The van der Waals surface area contributed by atoms with Gasteiger partial charge in [-0.25, -0.2) is 17.5 Å². The highest BCUT2D eigenvalue weighted by molar-refractivity contribution is 7.89. The third-order valence-corrected chi connectivity index (χ3v) is 9.67. The van der Waals surface area contributed by atoms with Crippen LogP contribution >= 0.6 is 11.6 Å². The van der Waals surface area contributed by atoms with Gasteiger partial charge in [0.2, 0.25) is 15.9 Å². The van der Waals surface area contributed by atoms with Gasteiger partial charge < -0.3 is 21.1 Å². The van der Waals surface area contributed by atoms with Crippen LogP contribution in [-0.4, -0.2) is 58.0 Å². The van der Waals surface area contributed by atoms with E-state index >= 15 is 4.39 Å². The summed E-state index contributed by atoms with van der Waals surface area (Å²) in [7, 11) is -3.51. The highest BCUT2D eigenvalue weighted by Crippen LogP contribution is 2.35. The summed E-state index contributed by atoms with van der Waals surface area (Å²) in [5.74, 6) is 1.56. The summed E-state index contributed by atoms with van der Waals surface area (Å²) in [5.41, 5.74) is 8.12. The largest absolute Gasteiger partial charge is 0.381 e. The number of carbonyl (C=O) groups is 1. The average Bonchev–Trinajstić information content (AvgIpc) is 3.02. The fraction of sp³-hybridized carbons (Fsp3) is 0.500. The third-order valence-electron chi connectivity index (χ3n) is 7.90. The highest BCUT2D eigenvalue weighted by atomic mass is 35.5. The van der Waals surface area contributed by atoms with Crippen molar-refractivity contribution < 1.29 is 22.3 Å². The van der Waals surface area contributed by atoms with Crippen LogP contribution in [0.3, 0.4) is 0 Å². The van der Waals surface area contributed by atoms with Gasteiger partial charge in [-0.15, -0.1) is 6.42 Å². The lowest BCUT2D eigenvalue weighted by molar-refractivity contribution is -0.118. The van der Waals surface area contributed by atoms with E-state index in [1.807, 2.05) is 12.1 Å². The van der Waals surface area contributed by atoms with Crippen molar-refractivity contribution in [3.63, 3.8) is 0 Å². The van der Waals surface area contributed by atoms with Crippen molar-refractivity contribution in [3.8, 4) is 12.3 Å². The molecule has 222 valence electrons. The summed E-state index contributed by atoms with van der Waals surface area (Å²) >= 11 is 6.11. The number of benzene rings is 2. The van der Waals surface area contributed by atoms with Crippen LogP contribution in [0.25, 0.3) is 0 Å². The molecule has 4 rings (SSSR count). The molecule has 0 saturated carbocycles. The summed E-state index contributed by atoms with van der Waals surface area (Å²) in [5, 5.41) is 6.67. The number of terminal acetylenes is 1. The molecule has 2 fully saturated rings. The number of carbonyl (C=O) groups excluding carboxylic acids is 1. The lowest BCUT2D eigenvalue weighted by Crippen LogP contribution is -2.45. The molecule has 2 heterocycles. The van der Waals surface area contributed by atoms with Gasteiger partial charge in [0.05, 0.1) is 17.8 Å². The van der Waals surface area contributed by atoms with E-state index in [1.54, 1.807) is 18.2 Å². The van der Waals surface area contributed by atoms with Gasteiger partial charge in [0.1, 0.15) is 5.82 Å². The number of hydrogen-bond acceptors (Lipinski definition) is 6. The SMILES string of the molecule is C#CC1CCCS(=O)(=O)NC(CCc2c(F)cccc2NC(=O)[C@@H](N)C(c2ccc(Cl)cc2)C2CCOCC2)CN1. The number of hydrogen-bond donors (Lipinski definition) is 4. The number of rotatable bonds is 8. The predicted octanol–water partition coefficient (Wildman–Crippen LogP) is 3.56. The Morgan fingerprint density at radius 2 is 1.93 bits per heavy atom. The first kappa shape index (κ1) is 31.4. The Balaban J connectivity index is 1.50. The van der Waals surface area contributed by atoms with Crippen molar-refractivity contribution in [1.29, 1.82) is 0 Å². The maximum Gasteiger partial charge on any atom is 0.241 e. The van der Waals surface area contributed by atoms with Crippen molar-refractivity contribution in [2.24, 2.45) is 11.7 Å². The molecule has 4 atom stereocenters. The first-order valence-corrected chi connectivity index (χ1v) is 16.1. The molecule has 2 aliphatic rings. The van der Waals surface area contributed by atoms with Gasteiger partial charge in [-0.3, -0.25) is 4.79 Å². The molecule has 0 radical (unpaired) electrons. The second kappa shape index (κ2) is 14.6. The lowest BCUT2D eigenvalue weighted by atomic mass is 9.76. The quantitative estimate of drug-likeness (QED) is 0.342. The normalized spacial score (nSPS) is 23.3. The van der Waals surface area contributed by atoms with Crippen LogP contribution in [0, 0.1) is 24.1 Å². The predicted molar refractivity (Wildman–Crippen MR) is 160 cm³/mol. The van der Waals surface area contributed by atoms with Crippen LogP contribution < -0.4 is 21.1 Å². The molecule has 2 aromatic rings. The van der Waals surface area contributed by atoms with Crippen LogP contribution in [-0.2, 0) is 26.0 Å². The van der Waals surface area contributed by atoms with E-state index in [9.17, 15) is 13.2 Å². The molecule has 2 aromatic carbocycles. The Hall–Kier alpha value is -2.52. The van der Waals surface area contributed by atoms with Crippen molar-refractivity contribution >= 4 is 33.2 Å². The summed E-state index contributed by atoms with van der Waals surface area (Å²) in [6, 6.07) is 10.2. The van der Waals surface area contributed by atoms with E-state index in [0.29, 0.717) is 49.7 Å². The zero-order valence-corrected chi connectivity index (χ0v) is 24.5. The molecule has 0 aliphatic carbocycles. The van der Waals surface area contributed by atoms with Crippen molar-refractivity contribution in [3.05, 3.63) is 64.4 Å². The number of halogens is 2. The summed E-state index contributed by atoms with van der Waals surface area (Å²) < 4.78 is 48.4. The van der Waals surface area contributed by atoms with Gasteiger partial charge >= 0.3 is 0 Å². The standard InChI is InChI=1S/C30H38ClFN4O4S/c1-2-23-5-4-18-41(38,39)36-24(19-34-23)12-13-25-26(32)6-3-7-27(25)35-30(37)29(33)28(21-14-16-40-17-15-21)20-8-10-22(31)11-9-20/h1,3,6-11,21,23-24,28-29,34,36H,4-5,12-19,33H2,(H,35,37)/t23?,24?,28?,29-/m0/s1. The Morgan fingerprint density at radius 3 is 2.63 bits per heavy atom. The molecule has 0 bridgehead atoms. The van der Waals surface area contributed by atoms with Crippen molar-refractivity contribution in [1.82, 2.24) is 10.0 Å². The number of ether oxygens (including phenoxy) is 1. The van der Waals surface area contributed by atoms with E-state index in [1.165, 1.54) is 12.1 Å². The maximum absolute atomic E-state index is 15.1. The molecule has 3 unspecified atom stereocenters. The number of nitrogens with one attached hydrogen (secondary N) is 3. The van der Waals surface area contributed by atoms with E-state index in [0.717, 1.165) is 18.4 Å².